The van der Waals surface area contributed by atoms with E-state index < -0.39 is 5.97 Å². The van der Waals surface area contributed by atoms with Gasteiger partial charge in [0.25, 0.3) is 0 Å². The Balaban J connectivity index is 1.74. The molecule has 0 aliphatic rings. The normalized spacial score (nSPS) is 12.1. The summed E-state index contributed by atoms with van der Waals surface area (Å²) in [5, 5.41) is 1.44. The van der Waals surface area contributed by atoms with Crippen LogP contribution in [0.1, 0.15) is 33.8 Å². The Morgan fingerprint density at radius 2 is 2.06 bits per heavy atom. The highest BCUT2D eigenvalue weighted by atomic mass is 35.5. The highest BCUT2D eigenvalue weighted by molar-refractivity contribution is 7.97. The summed E-state index contributed by atoms with van der Waals surface area (Å²) >= 11 is 9.40. The molecular weight excluding hydrogens is 452 g/mol. The van der Waals surface area contributed by atoms with Gasteiger partial charge < -0.3 is 9.47 Å². The molecule has 0 bridgehead atoms. The molecule has 5 nitrogen and oxygen atoms in total. The number of benzene rings is 2. The summed E-state index contributed by atoms with van der Waals surface area (Å²) in [6.45, 7) is 1.90. The number of thiophene rings is 1. The molecule has 1 atom stereocenters. The van der Waals surface area contributed by atoms with Crippen molar-refractivity contribution in [2.45, 2.75) is 18.8 Å². The highest BCUT2D eigenvalue weighted by Gasteiger charge is 2.23. The minimum Gasteiger partial charge on any atom is -0.484 e. The Morgan fingerprint density at radius 1 is 1.26 bits per heavy atom. The van der Waals surface area contributed by atoms with Crippen LogP contribution in [0, 0.1) is 0 Å². The average Bonchev–Trinajstić information content (AvgIpc) is 3.37. The Hall–Kier alpha value is -2.48. The molecule has 0 aliphatic carbocycles. The van der Waals surface area contributed by atoms with Crippen molar-refractivity contribution in [2.75, 3.05) is 13.4 Å². The van der Waals surface area contributed by atoms with Gasteiger partial charge in [0, 0.05) is 22.4 Å². The molecule has 0 aliphatic heterocycles. The predicted octanol–water partition coefficient (Wildman–Crippen LogP) is 6.53. The molecule has 160 valence electrons. The second-order valence-electron chi connectivity index (χ2n) is 6.92. The van der Waals surface area contributed by atoms with E-state index in [9.17, 15) is 4.79 Å². The molecule has 0 fully saturated rings. The maximum Gasteiger partial charge on any atom is 0.351 e. The van der Waals surface area contributed by atoms with Crippen molar-refractivity contribution in [3.63, 3.8) is 0 Å². The maximum atomic E-state index is 12.5. The van der Waals surface area contributed by atoms with Gasteiger partial charge in [0.2, 0.25) is 0 Å². The summed E-state index contributed by atoms with van der Waals surface area (Å²) in [5.41, 5.74) is 3.94. The molecule has 0 N–H and O–H groups in total. The number of carbonyl (C=O) groups is 1. The summed E-state index contributed by atoms with van der Waals surface area (Å²) in [4.78, 5) is 17.4. The van der Waals surface area contributed by atoms with E-state index in [1.54, 1.807) is 18.1 Å². The van der Waals surface area contributed by atoms with Gasteiger partial charge in [0.15, 0.2) is 4.88 Å². The van der Waals surface area contributed by atoms with Gasteiger partial charge in [-0.15, -0.1) is 11.3 Å². The fourth-order valence-electron chi connectivity index (χ4n) is 3.35. The van der Waals surface area contributed by atoms with Gasteiger partial charge in [0.05, 0.1) is 18.1 Å². The lowest BCUT2D eigenvalue weighted by Crippen LogP contribution is -2.07. The van der Waals surface area contributed by atoms with Crippen molar-refractivity contribution in [1.82, 2.24) is 9.55 Å². The second-order valence-corrected chi connectivity index (χ2v) is 9.23. The molecular formula is C23H21ClN2O3S2. The van der Waals surface area contributed by atoms with Gasteiger partial charge >= 0.3 is 5.97 Å². The number of hydrogen-bond acceptors (Lipinski definition) is 6. The first-order valence-corrected chi connectivity index (χ1v) is 12.2. The zero-order chi connectivity index (χ0) is 22.0. The van der Waals surface area contributed by atoms with Crippen LogP contribution < -0.4 is 4.74 Å². The number of nitrogens with zero attached hydrogens (tertiary/aromatic N) is 2. The van der Waals surface area contributed by atoms with E-state index in [1.807, 2.05) is 47.9 Å². The third-order valence-electron chi connectivity index (χ3n) is 4.86. The molecule has 0 saturated heterocycles. The molecule has 0 unspecified atom stereocenters. The zero-order valence-electron chi connectivity index (χ0n) is 17.3. The molecule has 31 heavy (non-hydrogen) atoms. The molecule has 0 radical (unpaired) electrons. The van der Waals surface area contributed by atoms with Gasteiger partial charge in [-0.05, 0) is 36.9 Å². The number of imidazole rings is 1. The summed E-state index contributed by atoms with van der Waals surface area (Å²) in [6, 6.07) is 15.6. The van der Waals surface area contributed by atoms with E-state index in [-0.39, 0.29) is 6.10 Å². The molecule has 2 aromatic heterocycles. The van der Waals surface area contributed by atoms with Crippen molar-refractivity contribution < 1.29 is 14.3 Å². The molecule has 4 rings (SSSR count). The first kappa shape index (κ1) is 21.7. The van der Waals surface area contributed by atoms with E-state index in [4.69, 9.17) is 21.1 Å². The van der Waals surface area contributed by atoms with E-state index in [1.165, 1.54) is 24.0 Å². The first-order chi connectivity index (χ1) is 15.0. The lowest BCUT2D eigenvalue weighted by molar-refractivity contribution is 0.0600. The van der Waals surface area contributed by atoms with Gasteiger partial charge in [-0.25, -0.2) is 9.78 Å². The largest absolute Gasteiger partial charge is 0.484 e. The van der Waals surface area contributed by atoms with Crippen molar-refractivity contribution in [1.29, 1.82) is 0 Å². The fraction of sp³-hybridized carbons (Fsp3) is 0.217. The number of esters is 1. The molecule has 0 amide bonds. The summed E-state index contributed by atoms with van der Waals surface area (Å²) in [5.74, 6) is 0.939. The minimum absolute atomic E-state index is 0.340. The Bertz CT molecular complexity index is 1230. The summed E-state index contributed by atoms with van der Waals surface area (Å²) < 4.78 is 13.1. The zero-order valence-corrected chi connectivity index (χ0v) is 19.7. The Labute approximate surface area is 194 Å². The van der Waals surface area contributed by atoms with Crippen LogP contribution in [0.5, 0.6) is 5.75 Å². The van der Waals surface area contributed by atoms with Crippen molar-refractivity contribution in [3.8, 4) is 10.8 Å². The molecule has 0 spiro atoms. The molecule has 8 heteroatoms. The van der Waals surface area contributed by atoms with Gasteiger partial charge in [-0.1, -0.05) is 35.9 Å². The number of halogens is 1. The quantitative estimate of drug-likeness (QED) is 0.286. The highest BCUT2D eigenvalue weighted by Crippen LogP contribution is 2.37. The van der Waals surface area contributed by atoms with Crippen LogP contribution in [-0.2, 0) is 10.5 Å². The Kier molecular flexibility index (Phi) is 6.55. The fourth-order valence-corrected chi connectivity index (χ4v) is 5.14. The molecule has 2 aromatic carbocycles. The first-order valence-electron chi connectivity index (χ1n) is 9.60. The van der Waals surface area contributed by atoms with Crippen LogP contribution in [0.4, 0.5) is 0 Å². The summed E-state index contributed by atoms with van der Waals surface area (Å²) in [6.07, 6.45) is 3.50. The standard InChI is InChI=1S/C23H21ClN2O3S2/c1-14(16-6-4-5-7-17(16)24)29-20-11-21(31-22(20)23(27)28-2)26-13-25-18-9-8-15(12-30-3)10-19(18)26/h4-11,13-14H,12H2,1-3H3/t14-/m1/s1. The van der Waals surface area contributed by atoms with Crippen LogP contribution in [0.2, 0.25) is 5.02 Å². The number of thioether (sulfide) groups is 1. The third kappa shape index (κ3) is 4.44. The van der Waals surface area contributed by atoms with E-state index in [2.05, 4.69) is 23.4 Å². The lowest BCUT2D eigenvalue weighted by atomic mass is 10.1. The maximum absolute atomic E-state index is 12.5. The number of carbonyl (C=O) groups excluding carboxylic acids is 1. The predicted molar refractivity (Wildman–Crippen MR) is 128 cm³/mol. The number of hydrogen-bond donors (Lipinski definition) is 0. The van der Waals surface area contributed by atoms with Gasteiger partial charge in [0.1, 0.15) is 23.2 Å². The summed E-state index contributed by atoms with van der Waals surface area (Å²) in [7, 11) is 1.37. The van der Waals surface area contributed by atoms with E-state index in [0.717, 1.165) is 27.4 Å². The molecule has 0 saturated carbocycles. The smallest absolute Gasteiger partial charge is 0.351 e. The SMILES string of the molecule is COC(=O)c1sc(-n2cnc3ccc(CSC)cc32)cc1O[C@H](C)c1ccccc1Cl. The van der Waals surface area contributed by atoms with Crippen LogP contribution in [-0.4, -0.2) is 28.9 Å². The van der Waals surface area contributed by atoms with Crippen LogP contribution >= 0.6 is 34.7 Å². The average molecular weight is 473 g/mol. The number of ether oxygens (including phenoxy) is 2. The van der Waals surface area contributed by atoms with Gasteiger partial charge in [-0.2, -0.15) is 11.8 Å². The van der Waals surface area contributed by atoms with Crippen LogP contribution in [0.15, 0.2) is 54.9 Å². The monoisotopic (exact) mass is 472 g/mol. The van der Waals surface area contributed by atoms with Crippen LogP contribution in [0.25, 0.3) is 16.0 Å². The number of methoxy groups -OCH3 is 1. The topological polar surface area (TPSA) is 53.4 Å². The number of aromatic nitrogens is 2. The van der Waals surface area contributed by atoms with Crippen molar-refractivity contribution in [3.05, 3.63) is 75.9 Å². The van der Waals surface area contributed by atoms with Crippen LogP contribution in [0.3, 0.4) is 0 Å². The number of fused-ring (bicyclic) bond motifs is 1. The second kappa shape index (κ2) is 9.34. The third-order valence-corrected chi connectivity index (χ3v) is 6.92. The number of rotatable bonds is 7. The van der Waals surface area contributed by atoms with E-state index >= 15 is 0 Å². The Morgan fingerprint density at radius 3 is 2.81 bits per heavy atom. The molecule has 2 heterocycles. The lowest BCUT2D eigenvalue weighted by Gasteiger charge is -2.16. The van der Waals surface area contributed by atoms with Crippen molar-refractivity contribution in [2.24, 2.45) is 0 Å². The van der Waals surface area contributed by atoms with Gasteiger partial charge in [-0.3, -0.25) is 4.57 Å². The van der Waals surface area contributed by atoms with E-state index in [0.29, 0.717) is 15.6 Å². The van der Waals surface area contributed by atoms with Crippen molar-refractivity contribution >= 4 is 51.7 Å². The molecule has 4 aromatic rings. The minimum atomic E-state index is -0.440.